The van der Waals surface area contributed by atoms with Crippen molar-refractivity contribution in [2.75, 3.05) is 11.9 Å². The molecule has 18 heavy (non-hydrogen) atoms. The summed E-state index contributed by atoms with van der Waals surface area (Å²) in [5.74, 6) is 1.62. The number of nitrogens with one attached hydrogen (secondary N) is 1. The number of rotatable bonds is 4. The standard InChI is InChI=1S/C16H28N2/c1-12(2)16(6,7)11-18-14-9-8-13(10-17-14)15(3,4)5/h8-10,12H,11H2,1-7H3,(H,17,18). The Morgan fingerprint density at radius 3 is 2.11 bits per heavy atom. The van der Waals surface area contributed by atoms with Crippen molar-refractivity contribution in [2.45, 2.75) is 53.9 Å². The Morgan fingerprint density at radius 2 is 1.72 bits per heavy atom. The average molecular weight is 248 g/mol. The van der Waals surface area contributed by atoms with Gasteiger partial charge in [-0.1, -0.05) is 54.5 Å². The van der Waals surface area contributed by atoms with Crippen LogP contribution in [0.3, 0.4) is 0 Å². The van der Waals surface area contributed by atoms with Crippen LogP contribution in [0.25, 0.3) is 0 Å². The topological polar surface area (TPSA) is 24.9 Å². The maximum atomic E-state index is 4.50. The van der Waals surface area contributed by atoms with Crippen LogP contribution in [0.5, 0.6) is 0 Å². The van der Waals surface area contributed by atoms with Crippen LogP contribution >= 0.6 is 0 Å². The molecule has 0 unspecified atom stereocenters. The van der Waals surface area contributed by atoms with E-state index in [1.54, 1.807) is 0 Å². The second kappa shape index (κ2) is 5.29. The summed E-state index contributed by atoms with van der Waals surface area (Å²) in [6, 6.07) is 4.24. The fourth-order valence-electron chi connectivity index (χ4n) is 1.46. The molecule has 0 aromatic carbocycles. The molecular formula is C16H28N2. The molecule has 0 saturated carbocycles. The lowest BCUT2D eigenvalue weighted by Crippen LogP contribution is -2.28. The van der Waals surface area contributed by atoms with Gasteiger partial charge in [0.15, 0.2) is 0 Å². The van der Waals surface area contributed by atoms with Gasteiger partial charge in [-0.25, -0.2) is 4.98 Å². The van der Waals surface area contributed by atoms with Crippen LogP contribution in [0.4, 0.5) is 5.82 Å². The normalized spacial score (nSPS) is 12.9. The Morgan fingerprint density at radius 1 is 1.11 bits per heavy atom. The van der Waals surface area contributed by atoms with Crippen LogP contribution in [0.2, 0.25) is 0 Å². The Kier molecular flexibility index (Phi) is 4.41. The van der Waals surface area contributed by atoms with Gasteiger partial charge in [0.05, 0.1) is 0 Å². The summed E-state index contributed by atoms with van der Waals surface area (Å²) in [7, 11) is 0. The molecule has 102 valence electrons. The second-order valence-electron chi connectivity index (χ2n) is 7.18. The van der Waals surface area contributed by atoms with E-state index in [0.717, 1.165) is 12.4 Å². The van der Waals surface area contributed by atoms with Gasteiger partial charge in [0.2, 0.25) is 0 Å². The molecule has 0 radical (unpaired) electrons. The highest BCUT2D eigenvalue weighted by atomic mass is 15.0. The van der Waals surface area contributed by atoms with Gasteiger partial charge in [0.25, 0.3) is 0 Å². The fraction of sp³-hybridized carbons (Fsp3) is 0.688. The van der Waals surface area contributed by atoms with Crippen molar-refractivity contribution in [3.63, 3.8) is 0 Å². The number of anilines is 1. The summed E-state index contributed by atoms with van der Waals surface area (Å²) in [5, 5.41) is 3.43. The van der Waals surface area contributed by atoms with E-state index in [2.05, 4.69) is 70.9 Å². The first-order valence-corrected chi connectivity index (χ1v) is 6.83. The highest BCUT2D eigenvalue weighted by Crippen LogP contribution is 2.26. The van der Waals surface area contributed by atoms with Gasteiger partial charge in [-0.15, -0.1) is 0 Å². The number of hydrogen-bond acceptors (Lipinski definition) is 2. The predicted molar refractivity (Wildman–Crippen MR) is 80.0 cm³/mol. The third kappa shape index (κ3) is 4.01. The zero-order valence-corrected chi connectivity index (χ0v) is 13.0. The molecule has 1 N–H and O–H groups in total. The van der Waals surface area contributed by atoms with Crippen LogP contribution in [-0.2, 0) is 5.41 Å². The molecule has 0 fully saturated rings. The number of nitrogens with zero attached hydrogens (tertiary/aromatic N) is 1. The van der Waals surface area contributed by atoms with E-state index in [9.17, 15) is 0 Å². The summed E-state index contributed by atoms with van der Waals surface area (Å²) in [4.78, 5) is 4.50. The lowest BCUT2D eigenvalue weighted by atomic mass is 9.81. The van der Waals surface area contributed by atoms with Gasteiger partial charge in [-0.05, 0) is 28.4 Å². The van der Waals surface area contributed by atoms with Crippen LogP contribution in [-0.4, -0.2) is 11.5 Å². The molecule has 1 heterocycles. The third-order valence-electron chi connectivity index (χ3n) is 3.92. The summed E-state index contributed by atoms with van der Waals surface area (Å²) in [6.07, 6.45) is 1.98. The van der Waals surface area contributed by atoms with Crippen LogP contribution in [0, 0.1) is 11.3 Å². The number of aromatic nitrogens is 1. The molecule has 1 aromatic heterocycles. The van der Waals surface area contributed by atoms with Crippen molar-refractivity contribution in [3.05, 3.63) is 23.9 Å². The third-order valence-corrected chi connectivity index (χ3v) is 3.92. The predicted octanol–water partition coefficient (Wildman–Crippen LogP) is 4.47. The van der Waals surface area contributed by atoms with E-state index in [1.165, 1.54) is 5.56 Å². The molecule has 0 spiro atoms. The van der Waals surface area contributed by atoms with Gasteiger partial charge >= 0.3 is 0 Å². The molecule has 0 atom stereocenters. The Balaban J connectivity index is 2.65. The monoisotopic (exact) mass is 248 g/mol. The zero-order chi connectivity index (χ0) is 14.0. The Labute approximate surface area is 112 Å². The zero-order valence-electron chi connectivity index (χ0n) is 13.0. The van der Waals surface area contributed by atoms with Crippen molar-refractivity contribution < 1.29 is 0 Å². The van der Waals surface area contributed by atoms with Crippen LogP contribution in [0.15, 0.2) is 18.3 Å². The van der Waals surface area contributed by atoms with Gasteiger partial charge in [-0.3, -0.25) is 0 Å². The lowest BCUT2D eigenvalue weighted by Gasteiger charge is -2.29. The summed E-state index contributed by atoms with van der Waals surface area (Å²) < 4.78 is 0. The maximum absolute atomic E-state index is 4.50. The van der Waals surface area contributed by atoms with E-state index in [-0.39, 0.29) is 10.8 Å². The minimum absolute atomic E-state index is 0.169. The SMILES string of the molecule is CC(C)C(C)(C)CNc1ccc(C(C)(C)C)cn1. The van der Waals surface area contributed by atoms with E-state index < -0.39 is 0 Å². The molecule has 1 rings (SSSR count). The van der Waals surface area contributed by atoms with E-state index >= 15 is 0 Å². The second-order valence-corrected chi connectivity index (χ2v) is 7.18. The highest BCUT2D eigenvalue weighted by Gasteiger charge is 2.22. The summed E-state index contributed by atoms with van der Waals surface area (Å²) in [5.41, 5.74) is 1.73. The van der Waals surface area contributed by atoms with E-state index in [0.29, 0.717) is 5.92 Å². The van der Waals surface area contributed by atoms with Gasteiger partial charge < -0.3 is 5.32 Å². The Hall–Kier alpha value is -1.05. The first-order chi connectivity index (χ1) is 8.13. The van der Waals surface area contributed by atoms with E-state index in [1.807, 2.05) is 6.20 Å². The highest BCUT2D eigenvalue weighted by molar-refractivity contribution is 5.37. The minimum atomic E-state index is 0.169. The van der Waals surface area contributed by atoms with Crippen molar-refractivity contribution in [2.24, 2.45) is 11.3 Å². The largest absolute Gasteiger partial charge is 0.370 e. The van der Waals surface area contributed by atoms with Gasteiger partial charge in [-0.2, -0.15) is 0 Å². The van der Waals surface area contributed by atoms with Crippen molar-refractivity contribution in [3.8, 4) is 0 Å². The van der Waals surface area contributed by atoms with Gasteiger partial charge in [0.1, 0.15) is 5.82 Å². The van der Waals surface area contributed by atoms with Crippen LogP contribution < -0.4 is 5.32 Å². The van der Waals surface area contributed by atoms with E-state index in [4.69, 9.17) is 0 Å². The lowest BCUT2D eigenvalue weighted by molar-refractivity contribution is 0.269. The average Bonchev–Trinajstić information content (AvgIpc) is 2.25. The number of hydrogen-bond donors (Lipinski definition) is 1. The van der Waals surface area contributed by atoms with Crippen molar-refractivity contribution in [1.29, 1.82) is 0 Å². The fourth-order valence-corrected chi connectivity index (χ4v) is 1.46. The first-order valence-electron chi connectivity index (χ1n) is 6.83. The molecule has 0 bridgehead atoms. The smallest absolute Gasteiger partial charge is 0.125 e. The first kappa shape index (κ1) is 15.0. The van der Waals surface area contributed by atoms with Crippen LogP contribution in [0.1, 0.15) is 54.0 Å². The van der Waals surface area contributed by atoms with Gasteiger partial charge in [0, 0.05) is 12.7 Å². The summed E-state index contributed by atoms with van der Waals surface area (Å²) in [6.45, 7) is 16.7. The molecule has 0 saturated heterocycles. The molecule has 2 nitrogen and oxygen atoms in total. The molecule has 1 aromatic rings. The molecule has 2 heteroatoms. The molecular weight excluding hydrogens is 220 g/mol. The number of pyridine rings is 1. The quantitative estimate of drug-likeness (QED) is 0.850. The Bertz CT molecular complexity index is 369. The molecule has 0 aliphatic carbocycles. The van der Waals surface area contributed by atoms with Crippen molar-refractivity contribution >= 4 is 5.82 Å². The molecule has 0 aliphatic heterocycles. The maximum Gasteiger partial charge on any atom is 0.125 e. The minimum Gasteiger partial charge on any atom is -0.370 e. The molecule has 0 aliphatic rings. The molecule has 0 amide bonds. The van der Waals surface area contributed by atoms with Crippen molar-refractivity contribution in [1.82, 2.24) is 4.98 Å². The summed E-state index contributed by atoms with van der Waals surface area (Å²) >= 11 is 0.